The Kier molecular flexibility index (Phi) is 5.80. The first-order chi connectivity index (χ1) is 14.6. The largest absolute Gasteiger partial charge is 0.323 e. The molecule has 0 atom stereocenters. The highest BCUT2D eigenvalue weighted by Crippen LogP contribution is 2.27. The van der Waals surface area contributed by atoms with E-state index < -0.39 is 17.5 Å². The standard InChI is InChI=1S/C21H15F2N5OS/c22-15-8-9-17(23)18(11-15)25-19(29)13-30-21-27-26-20(14-5-4-10-24-12-14)28(21)16-6-2-1-3-7-16/h1-12H,13H2,(H,25,29). The summed E-state index contributed by atoms with van der Waals surface area (Å²) in [4.78, 5) is 16.4. The van der Waals surface area contributed by atoms with Crippen molar-refractivity contribution in [3.63, 3.8) is 0 Å². The van der Waals surface area contributed by atoms with Crippen LogP contribution in [-0.4, -0.2) is 31.4 Å². The molecule has 0 spiro atoms. The first-order valence-corrected chi connectivity index (χ1v) is 9.89. The minimum atomic E-state index is -0.707. The summed E-state index contributed by atoms with van der Waals surface area (Å²) in [5.41, 5.74) is 1.38. The molecule has 0 unspecified atom stereocenters. The van der Waals surface area contributed by atoms with Crippen LogP contribution in [-0.2, 0) is 4.79 Å². The lowest BCUT2D eigenvalue weighted by atomic mass is 10.2. The third kappa shape index (κ3) is 4.36. The molecular formula is C21H15F2N5OS. The number of para-hydroxylation sites is 1. The van der Waals surface area contributed by atoms with E-state index in [9.17, 15) is 13.6 Å². The molecule has 0 radical (unpaired) electrons. The molecule has 0 aliphatic carbocycles. The van der Waals surface area contributed by atoms with E-state index in [1.165, 1.54) is 0 Å². The van der Waals surface area contributed by atoms with E-state index in [0.717, 1.165) is 41.2 Å². The van der Waals surface area contributed by atoms with Gasteiger partial charge in [0.2, 0.25) is 5.91 Å². The Hall–Kier alpha value is -3.59. The van der Waals surface area contributed by atoms with Crippen LogP contribution in [0.4, 0.5) is 14.5 Å². The van der Waals surface area contributed by atoms with Crippen LogP contribution in [0, 0.1) is 11.6 Å². The van der Waals surface area contributed by atoms with Crippen molar-refractivity contribution in [2.24, 2.45) is 0 Å². The predicted octanol–water partition coefficient (Wildman–Crippen LogP) is 4.34. The summed E-state index contributed by atoms with van der Waals surface area (Å²) in [6.45, 7) is 0. The summed E-state index contributed by atoms with van der Waals surface area (Å²) in [5, 5.41) is 11.3. The number of thioether (sulfide) groups is 1. The second-order valence-electron chi connectivity index (χ2n) is 6.18. The van der Waals surface area contributed by atoms with Gasteiger partial charge >= 0.3 is 0 Å². The fourth-order valence-corrected chi connectivity index (χ4v) is 3.52. The predicted molar refractivity (Wildman–Crippen MR) is 110 cm³/mol. The van der Waals surface area contributed by atoms with Crippen molar-refractivity contribution >= 4 is 23.4 Å². The summed E-state index contributed by atoms with van der Waals surface area (Å²) in [5.74, 6) is -1.32. The van der Waals surface area contributed by atoms with Crippen LogP contribution in [0.5, 0.6) is 0 Å². The number of amides is 1. The SMILES string of the molecule is O=C(CSc1nnc(-c2cccnc2)n1-c1ccccc1)Nc1cc(F)ccc1F. The third-order valence-electron chi connectivity index (χ3n) is 4.10. The van der Waals surface area contributed by atoms with Crippen LogP contribution in [0.1, 0.15) is 0 Å². The molecular weight excluding hydrogens is 408 g/mol. The molecule has 150 valence electrons. The summed E-state index contributed by atoms with van der Waals surface area (Å²) in [6.07, 6.45) is 3.34. The first kappa shape index (κ1) is 19.7. The van der Waals surface area contributed by atoms with E-state index >= 15 is 0 Å². The van der Waals surface area contributed by atoms with E-state index in [1.807, 2.05) is 41.0 Å². The van der Waals surface area contributed by atoms with Crippen molar-refractivity contribution in [2.75, 3.05) is 11.1 Å². The van der Waals surface area contributed by atoms with Crippen LogP contribution < -0.4 is 5.32 Å². The minimum Gasteiger partial charge on any atom is -0.323 e. The summed E-state index contributed by atoms with van der Waals surface area (Å²) in [6, 6.07) is 16.0. The Bertz CT molecular complexity index is 1170. The normalized spacial score (nSPS) is 10.7. The number of pyridine rings is 1. The van der Waals surface area contributed by atoms with Crippen LogP contribution in [0.2, 0.25) is 0 Å². The average Bonchev–Trinajstić information content (AvgIpc) is 3.20. The van der Waals surface area contributed by atoms with E-state index in [0.29, 0.717) is 11.0 Å². The van der Waals surface area contributed by atoms with Gasteiger partial charge in [-0.15, -0.1) is 10.2 Å². The van der Waals surface area contributed by atoms with Gasteiger partial charge in [0.15, 0.2) is 11.0 Å². The van der Waals surface area contributed by atoms with E-state index in [2.05, 4.69) is 20.5 Å². The Morgan fingerprint density at radius 3 is 2.63 bits per heavy atom. The van der Waals surface area contributed by atoms with Gasteiger partial charge < -0.3 is 5.32 Å². The molecule has 0 bridgehead atoms. The number of nitrogens with zero attached hydrogens (tertiary/aromatic N) is 4. The molecule has 9 heteroatoms. The highest BCUT2D eigenvalue weighted by molar-refractivity contribution is 7.99. The van der Waals surface area contributed by atoms with Crippen molar-refractivity contribution < 1.29 is 13.6 Å². The fourth-order valence-electron chi connectivity index (χ4n) is 2.76. The zero-order chi connectivity index (χ0) is 20.9. The lowest BCUT2D eigenvalue weighted by Crippen LogP contribution is -2.15. The quantitative estimate of drug-likeness (QED) is 0.467. The Morgan fingerprint density at radius 2 is 1.87 bits per heavy atom. The highest BCUT2D eigenvalue weighted by atomic mass is 32.2. The Labute approximate surface area is 175 Å². The Morgan fingerprint density at radius 1 is 1.03 bits per heavy atom. The van der Waals surface area contributed by atoms with Crippen molar-refractivity contribution in [1.29, 1.82) is 0 Å². The molecule has 1 N–H and O–H groups in total. The maximum atomic E-state index is 13.7. The number of aromatic nitrogens is 4. The first-order valence-electron chi connectivity index (χ1n) is 8.91. The van der Waals surface area contributed by atoms with Crippen molar-refractivity contribution in [2.45, 2.75) is 5.16 Å². The number of anilines is 1. The van der Waals surface area contributed by atoms with E-state index in [-0.39, 0.29) is 11.4 Å². The molecule has 4 rings (SSSR count). The molecule has 2 aromatic heterocycles. The van der Waals surface area contributed by atoms with Crippen LogP contribution in [0.15, 0.2) is 78.2 Å². The molecule has 0 saturated carbocycles. The van der Waals surface area contributed by atoms with Gasteiger partial charge in [-0.05, 0) is 36.4 Å². The van der Waals surface area contributed by atoms with Crippen molar-refractivity contribution in [3.8, 4) is 17.1 Å². The van der Waals surface area contributed by atoms with E-state index in [1.54, 1.807) is 18.5 Å². The highest BCUT2D eigenvalue weighted by Gasteiger charge is 2.18. The molecule has 2 aromatic carbocycles. The molecule has 0 saturated heterocycles. The number of nitrogens with one attached hydrogen (secondary N) is 1. The summed E-state index contributed by atoms with van der Waals surface area (Å²) < 4.78 is 28.9. The molecule has 4 aromatic rings. The maximum absolute atomic E-state index is 13.7. The molecule has 1 amide bonds. The monoisotopic (exact) mass is 423 g/mol. The lowest BCUT2D eigenvalue weighted by molar-refractivity contribution is -0.113. The summed E-state index contributed by atoms with van der Waals surface area (Å²) >= 11 is 1.14. The topological polar surface area (TPSA) is 72.7 Å². The van der Waals surface area contributed by atoms with Crippen LogP contribution in [0.25, 0.3) is 17.1 Å². The van der Waals surface area contributed by atoms with Gasteiger partial charge in [0.1, 0.15) is 11.6 Å². The molecule has 6 nitrogen and oxygen atoms in total. The van der Waals surface area contributed by atoms with Gasteiger partial charge in [-0.3, -0.25) is 14.3 Å². The van der Waals surface area contributed by atoms with Crippen LogP contribution >= 0.6 is 11.8 Å². The van der Waals surface area contributed by atoms with Gasteiger partial charge in [-0.25, -0.2) is 8.78 Å². The van der Waals surface area contributed by atoms with Gasteiger partial charge in [0.05, 0.1) is 11.4 Å². The van der Waals surface area contributed by atoms with Gasteiger partial charge in [0.25, 0.3) is 0 Å². The number of halogens is 2. The lowest BCUT2D eigenvalue weighted by Gasteiger charge is -2.10. The number of rotatable bonds is 6. The average molecular weight is 423 g/mol. The molecule has 0 fully saturated rings. The Balaban J connectivity index is 1.58. The molecule has 0 aliphatic rings. The summed E-state index contributed by atoms with van der Waals surface area (Å²) in [7, 11) is 0. The van der Waals surface area contributed by atoms with Crippen LogP contribution in [0.3, 0.4) is 0 Å². The third-order valence-corrected chi connectivity index (χ3v) is 5.03. The van der Waals surface area contributed by atoms with Crippen molar-refractivity contribution in [3.05, 3.63) is 84.7 Å². The smallest absolute Gasteiger partial charge is 0.234 e. The molecule has 30 heavy (non-hydrogen) atoms. The molecule has 2 heterocycles. The van der Waals surface area contributed by atoms with Gasteiger partial charge in [-0.2, -0.15) is 0 Å². The fraction of sp³-hybridized carbons (Fsp3) is 0.0476. The zero-order valence-electron chi connectivity index (χ0n) is 15.5. The number of benzene rings is 2. The van der Waals surface area contributed by atoms with Crippen molar-refractivity contribution in [1.82, 2.24) is 19.7 Å². The maximum Gasteiger partial charge on any atom is 0.234 e. The second-order valence-corrected chi connectivity index (χ2v) is 7.12. The minimum absolute atomic E-state index is 0.0615. The van der Waals surface area contributed by atoms with E-state index in [4.69, 9.17) is 0 Å². The zero-order valence-corrected chi connectivity index (χ0v) is 16.3. The second kappa shape index (κ2) is 8.83. The number of hydrogen-bond acceptors (Lipinski definition) is 5. The number of carbonyl (C=O) groups excluding carboxylic acids is 1. The number of carbonyl (C=O) groups is 1. The number of hydrogen-bond donors (Lipinski definition) is 1. The van der Waals surface area contributed by atoms with Gasteiger partial charge in [-0.1, -0.05) is 30.0 Å². The molecule has 0 aliphatic heterocycles. The van der Waals surface area contributed by atoms with Gasteiger partial charge in [0, 0.05) is 29.7 Å².